The Balaban J connectivity index is 2.05. The second-order valence-electron chi connectivity index (χ2n) is 4.78. The van der Waals surface area contributed by atoms with Crippen LogP contribution < -0.4 is 5.69 Å². The second kappa shape index (κ2) is 4.04. The zero-order chi connectivity index (χ0) is 11.8. The molecular formula is C13H16N2O2. The number of H-pyrrole nitrogens is 1. The van der Waals surface area contributed by atoms with E-state index in [9.17, 15) is 9.90 Å². The van der Waals surface area contributed by atoms with Crippen LogP contribution in [0.5, 0.6) is 0 Å². The van der Waals surface area contributed by atoms with Crippen LogP contribution in [-0.2, 0) is 0 Å². The van der Waals surface area contributed by atoms with Gasteiger partial charge in [-0.15, -0.1) is 0 Å². The van der Waals surface area contributed by atoms with E-state index >= 15 is 0 Å². The molecule has 0 bridgehead atoms. The molecule has 4 heteroatoms. The quantitative estimate of drug-likeness (QED) is 0.787. The molecule has 1 fully saturated rings. The maximum absolute atomic E-state index is 12.0. The fourth-order valence-electron chi connectivity index (χ4n) is 2.75. The van der Waals surface area contributed by atoms with Crippen LogP contribution in [0, 0.1) is 0 Å². The monoisotopic (exact) mass is 232 g/mol. The summed E-state index contributed by atoms with van der Waals surface area (Å²) in [5, 5.41) is 9.51. The number of fused-ring (bicyclic) bond motifs is 1. The third kappa shape index (κ3) is 1.78. The number of aliphatic hydroxyl groups is 1. The van der Waals surface area contributed by atoms with E-state index in [-0.39, 0.29) is 17.8 Å². The third-order valence-electron chi connectivity index (χ3n) is 3.66. The predicted octanol–water partition coefficient (Wildman–Crippen LogP) is 1.81. The maximum Gasteiger partial charge on any atom is 0.326 e. The number of rotatable bonds is 1. The number of aliphatic hydroxyl groups excluding tert-OH is 1. The minimum Gasteiger partial charge on any atom is -0.393 e. The lowest BCUT2D eigenvalue weighted by Gasteiger charge is -2.26. The number of aromatic amines is 1. The van der Waals surface area contributed by atoms with Crippen LogP contribution in [-0.4, -0.2) is 20.8 Å². The predicted molar refractivity (Wildman–Crippen MR) is 66.1 cm³/mol. The molecule has 2 N–H and O–H groups in total. The molecule has 90 valence electrons. The molecular weight excluding hydrogens is 216 g/mol. The van der Waals surface area contributed by atoms with Gasteiger partial charge in [-0.25, -0.2) is 4.79 Å². The van der Waals surface area contributed by atoms with Gasteiger partial charge in [0.1, 0.15) is 0 Å². The molecule has 1 aromatic carbocycles. The summed E-state index contributed by atoms with van der Waals surface area (Å²) in [6.07, 6.45) is 3.14. The summed E-state index contributed by atoms with van der Waals surface area (Å²) >= 11 is 0. The van der Waals surface area contributed by atoms with Crippen LogP contribution in [0.4, 0.5) is 0 Å². The minimum atomic E-state index is -0.188. The molecule has 0 atom stereocenters. The van der Waals surface area contributed by atoms with Gasteiger partial charge in [-0.2, -0.15) is 0 Å². The van der Waals surface area contributed by atoms with E-state index in [1.807, 2.05) is 28.8 Å². The summed E-state index contributed by atoms with van der Waals surface area (Å²) in [7, 11) is 0. The number of aromatic nitrogens is 2. The lowest BCUT2D eigenvalue weighted by atomic mass is 9.93. The second-order valence-corrected chi connectivity index (χ2v) is 4.78. The molecule has 1 saturated carbocycles. The van der Waals surface area contributed by atoms with Gasteiger partial charge in [0, 0.05) is 6.04 Å². The third-order valence-corrected chi connectivity index (χ3v) is 3.66. The first-order valence-electron chi connectivity index (χ1n) is 6.13. The summed E-state index contributed by atoms with van der Waals surface area (Å²) in [4.78, 5) is 14.8. The van der Waals surface area contributed by atoms with E-state index in [0.717, 1.165) is 36.7 Å². The minimum absolute atomic E-state index is 0.0346. The van der Waals surface area contributed by atoms with Gasteiger partial charge in [0.15, 0.2) is 0 Å². The first kappa shape index (κ1) is 10.6. The summed E-state index contributed by atoms with van der Waals surface area (Å²) in [5.74, 6) is 0. The smallest absolute Gasteiger partial charge is 0.326 e. The van der Waals surface area contributed by atoms with Crippen molar-refractivity contribution < 1.29 is 5.11 Å². The average Bonchev–Trinajstić information content (AvgIpc) is 2.66. The highest BCUT2D eigenvalue weighted by atomic mass is 16.3. The van der Waals surface area contributed by atoms with Crippen LogP contribution in [0.1, 0.15) is 31.7 Å². The van der Waals surface area contributed by atoms with Gasteiger partial charge in [-0.1, -0.05) is 12.1 Å². The number of benzene rings is 1. The largest absolute Gasteiger partial charge is 0.393 e. The Morgan fingerprint density at radius 3 is 2.65 bits per heavy atom. The molecule has 0 radical (unpaired) electrons. The summed E-state index contributed by atoms with van der Waals surface area (Å²) in [5.41, 5.74) is 1.83. The average molecular weight is 232 g/mol. The van der Waals surface area contributed by atoms with Crippen LogP contribution >= 0.6 is 0 Å². The van der Waals surface area contributed by atoms with Gasteiger partial charge in [0.25, 0.3) is 0 Å². The summed E-state index contributed by atoms with van der Waals surface area (Å²) < 4.78 is 1.85. The number of nitrogens with one attached hydrogen (secondary N) is 1. The lowest BCUT2D eigenvalue weighted by Crippen LogP contribution is -2.27. The number of hydrogen-bond acceptors (Lipinski definition) is 2. The van der Waals surface area contributed by atoms with Crippen molar-refractivity contribution in [1.82, 2.24) is 9.55 Å². The Labute approximate surface area is 98.9 Å². The molecule has 0 spiro atoms. The summed E-state index contributed by atoms with van der Waals surface area (Å²) in [6.45, 7) is 0. The number of imidazole rings is 1. The molecule has 1 aliphatic rings. The number of para-hydroxylation sites is 2. The topological polar surface area (TPSA) is 58.0 Å². The van der Waals surface area contributed by atoms with E-state index in [2.05, 4.69) is 4.98 Å². The molecule has 0 aliphatic heterocycles. The van der Waals surface area contributed by atoms with E-state index in [1.54, 1.807) is 0 Å². The van der Waals surface area contributed by atoms with Crippen molar-refractivity contribution in [3.05, 3.63) is 34.7 Å². The Bertz CT molecular complexity index is 576. The zero-order valence-electron chi connectivity index (χ0n) is 9.60. The fourth-order valence-corrected chi connectivity index (χ4v) is 2.75. The van der Waals surface area contributed by atoms with Crippen LogP contribution in [0.25, 0.3) is 11.0 Å². The maximum atomic E-state index is 12.0. The molecule has 0 saturated heterocycles. The molecule has 1 aliphatic carbocycles. The van der Waals surface area contributed by atoms with Crippen molar-refractivity contribution in [3.8, 4) is 0 Å². The van der Waals surface area contributed by atoms with Gasteiger partial charge < -0.3 is 10.1 Å². The van der Waals surface area contributed by atoms with Gasteiger partial charge in [0.05, 0.1) is 17.1 Å². The molecule has 3 rings (SSSR count). The molecule has 1 heterocycles. The highest BCUT2D eigenvalue weighted by molar-refractivity contribution is 5.75. The Kier molecular flexibility index (Phi) is 2.52. The van der Waals surface area contributed by atoms with Crippen molar-refractivity contribution in [2.75, 3.05) is 0 Å². The molecule has 2 aromatic rings. The van der Waals surface area contributed by atoms with Gasteiger partial charge in [-0.3, -0.25) is 4.57 Å². The van der Waals surface area contributed by atoms with Gasteiger partial charge in [0.2, 0.25) is 0 Å². The van der Waals surface area contributed by atoms with E-state index in [0.29, 0.717) is 0 Å². The van der Waals surface area contributed by atoms with Gasteiger partial charge >= 0.3 is 5.69 Å². The van der Waals surface area contributed by atoms with E-state index < -0.39 is 0 Å². The molecule has 1 aromatic heterocycles. The van der Waals surface area contributed by atoms with Crippen LogP contribution in [0.2, 0.25) is 0 Å². The summed E-state index contributed by atoms with van der Waals surface area (Å²) in [6, 6.07) is 7.99. The fraction of sp³-hybridized carbons (Fsp3) is 0.462. The van der Waals surface area contributed by atoms with Crippen LogP contribution in [0.15, 0.2) is 29.1 Å². The Morgan fingerprint density at radius 1 is 1.18 bits per heavy atom. The van der Waals surface area contributed by atoms with Crippen molar-refractivity contribution >= 4 is 11.0 Å². The molecule has 4 nitrogen and oxygen atoms in total. The van der Waals surface area contributed by atoms with Crippen molar-refractivity contribution in [2.45, 2.75) is 37.8 Å². The normalized spacial score (nSPS) is 25.2. The number of nitrogens with zero attached hydrogens (tertiary/aromatic N) is 1. The Hall–Kier alpha value is -1.55. The van der Waals surface area contributed by atoms with Gasteiger partial charge in [-0.05, 0) is 37.8 Å². The van der Waals surface area contributed by atoms with E-state index in [1.165, 1.54) is 0 Å². The zero-order valence-corrected chi connectivity index (χ0v) is 9.60. The lowest BCUT2D eigenvalue weighted by molar-refractivity contribution is 0.111. The highest BCUT2D eigenvalue weighted by Crippen LogP contribution is 2.29. The first-order chi connectivity index (χ1) is 8.25. The molecule has 0 unspecified atom stereocenters. The van der Waals surface area contributed by atoms with Crippen molar-refractivity contribution in [1.29, 1.82) is 0 Å². The van der Waals surface area contributed by atoms with Crippen molar-refractivity contribution in [2.24, 2.45) is 0 Å². The Morgan fingerprint density at radius 2 is 1.88 bits per heavy atom. The standard InChI is InChI=1S/C13H16N2O2/c16-10-7-5-9(6-8-10)15-12-4-2-1-3-11(12)14-13(15)17/h1-4,9-10,16H,5-8H2,(H,14,17). The van der Waals surface area contributed by atoms with E-state index in [4.69, 9.17) is 0 Å². The molecule has 0 amide bonds. The first-order valence-corrected chi connectivity index (χ1v) is 6.13. The highest BCUT2D eigenvalue weighted by Gasteiger charge is 2.23. The van der Waals surface area contributed by atoms with Crippen molar-refractivity contribution in [3.63, 3.8) is 0 Å². The number of hydrogen-bond donors (Lipinski definition) is 2. The molecule has 17 heavy (non-hydrogen) atoms. The van der Waals surface area contributed by atoms with Crippen LogP contribution in [0.3, 0.4) is 0 Å². The SMILES string of the molecule is O=c1[nH]c2ccccc2n1C1CCC(O)CC1.